The Labute approximate surface area is 115 Å². The highest BCUT2D eigenvalue weighted by atomic mass is 16.3. The molecule has 108 valence electrons. The molecule has 2 heterocycles. The molecule has 0 radical (unpaired) electrons. The van der Waals surface area contributed by atoms with Gasteiger partial charge in [0.05, 0.1) is 12.0 Å². The van der Waals surface area contributed by atoms with Crippen molar-refractivity contribution in [2.75, 3.05) is 13.1 Å². The first-order valence-electron chi connectivity index (χ1n) is 7.76. The van der Waals surface area contributed by atoms with Crippen molar-refractivity contribution in [1.82, 2.24) is 9.80 Å². The number of carbonyl (C=O) groups excluding carboxylic acids is 1. The molecule has 1 aliphatic carbocycles. The number of nitrogens with zero attached hydrogens (tertiary/aromatic N) is 2. The number of fused-ring (bicyclic) bond motifs is 2. The van der Waals surface area contributed by atoms with Gasteiger partial charge in [-0.1, -0.05) is 0 Å². The zero-order valence-corrected chi connectivity index (χ0v) is 12.1. The zero-order valence-electron chi connectivity index (χ0n) is 12.1. The highest BCUT2D eigenvalue weighted by molar-refractivity contribution is 5.77. The van der Waals surface area contributed by atoms with Crippen molar-refractivity contribution in [1.29, 1.82) is 0 Å². The van der Waals surface area contributed by atoms with E-state index < -0.39 is 5.60 Å². The number of carbonyl (C=O) groups is 1. The first kappa shape index (κ1) is 13.4. The van der Waals surface area contributed by atoms with Gasteiger partial charge in [-0.05, 0) is 46.0 Å². The number of amides is 1. The summed E-state index contributed by atoms with van der Waals surface area (Å²) in [7, 11) is 0. The van der Waals surface area contributed by atoms with Gasteiger partial charge in [0.25, 0.3) is 0 Å². The van der Waals surface area contributed by atoms with Crippen LogP contribution in [0.4, 0.5) is 0 Å². The molecule has 3 aliphatic rings. The van der Waals surface area contributed by atoms with Gasteiger partial charge in [-0.2, -0.15) is 0 Å². The molecule has 0 aromatic carbocycles. The van der Waals surface area contributed by atoms with Gasteiger partial charge in [-0.15, -0.1) is 0 Å². The lowest BCUT2D eigenvalue weighted by Gasteiger charge is -2.44. The molecule has 2 bridgehead atoms. The summed E-state index contributed by atoms with van der Waals surface area (Å²) in [4.78, 5) is 16.9. The van der Waals surface area contributed by atoms with E-state index in [4.69, 9.17) is 0 Å². The molecule has 19 heavy (non-hydrogen) atoms. The van der Waals surface area contributed by atoms with Gasteiger partial charge in [0.2, 0.25) is 5.91 Å². The molecule has 0 aromatic heterocycles. The molecule has 1 N–H and O–H groups in total. The maximum atomic E-state index is 12.3. The Kier molecular flexibility index (Phi) is 3.34. The molecule has 3 rings (SSSR count). The number of likely N-dealkylation sites (tertiary alicyclic amines) is 1. The fourth-order valence-electron chi connectivity index (χ4n) is 4.14. The summed E-state index contributed by atoms with van der Waals surface area (Å²) in [5.41, 5.74) is -0.675. The molecule has 2 saturated heterocycles. The van der Waals surface area contributed by atoms with Crippen molar-refractivity contribution in [3.63, 3.8) is 0 Å². The van der Waals surface area contributed by atoms with Crippen LogP contribution in [0.25, 0.3) is 0 Å². The van der Waals surface area contributed by atoms with Gasteiger partial charge in [-0.25, -0.2) is 0 Å². The Bertz CT molecular complexity index is 351. The van der Waals surface area contributed by atoms with Crippen LogP contribution in [-0.4, -0.2) is 57.6 Å². The van der Waals surface area contributed by atoms with Crippen LogP contribution >= 0.6 is 0 Å². The van der Waals surface area contributed by atoms with Gasteiger partial charge in [0.1, 0.15) is 0 Å². The Morgan fingerprint density at radius 3 is 2.26 bits per heavy atom. The first-order chi connectivity index (χ1) is 8.98. The number of rotatable bonds is 3. The third-order valence-corrected chi connectivity index (χ3v) is 5.25. The second kappa shape index (κ2) is 4.74. The molecule has 1 amide bonds. The number of piperazine rings is 1. The van der Waals surface area contributed by atoms with Crippen molar-refractivity contribution in [3.8, 4) is 0 Å². The second-order valence-corrected chi connectivity index (χ2v) is 6.98. The van der Waals surface area contributed by atoms with Crippen LogP contribution < -0.4 is 0 Å². The van der Waals surface area contributed by atoms with Crippen LogP contribution in [-0.2, 0) is 4.79 Å². The lowest BCUT2D eigenvalue weighted by Crippen LogP contribution is -2.58. The van der Waals surface area contributed by atoms with E-state index in [9.17, 15) is 9.90 Å². The van der Waals surface area contributed by atoms with E-state index >= 15 is 0 Å². The highest BCUT2D eigenvalue weighted by Crippen LogP contribution is 2.37. The minimum Gasteiger partial charge on any atom is -0.389 e. The van der Waals surface area contributed by atoms with Gasteiger partial charge < -0.3 is 10.0 Å². The third-order valence-electron chi connectivity index (χ3n) is 5.25. The number of aliphatic hydroxyl groups is 1. The summed E-state index contributed by atoms with van der Waals surface area (Å²) < 4.78 is 0. The summed E-state index contributed by atoms with van der Waals surface area (Å²) in [5.74, 6) is 0.169. The minimum absolute atomic E-state index is 0.169. The number of hydrogen-bond donors (Lipinski definition) is 1. The SMILES string of the molecule is CC(C)N1C2CCC1CN(C(=O)CC1(O)CCC1)C2. The molecular formula is C15H26N2O2. The van der Waals surface area contributed by atoms with Crippen LogP contribution in [0, 0.1) is 0 Å². The lowest BCUT2D eigenvalue weighted by molar-refractivity contribution is -0.144. The largest absolute Gasteiger partial charge is 0.389 e. The van der Waals surface area contributed by atoms with Crippen LogP contribution in [0.1, 0.15) is 52.4 Å². The van der Waals surface area contributed by atoms with E-state index in [1.165, 1.54) is 12.8 Å². The summed E-state index contributed by atoms with van der Waals surface area (Å²) in [5, 5.41) is 10.1. The minimum atomic E-state index is -0.675. The van der Waals surface area contributed by atoms with Crippen LogP contribution in [0.15, 0.2) is 0 Å². The second-order valence-electron chi connectivity index (χ2n) is 6.98. The molecule has 4 heteroatoms. The average Bonchev–Trinajstić information content (AvgIpc) is 2.58. The van der Waals surface area contributed by atoms with Crippen molar-refractivity contribution >= 4 is 5.91 Å². The topological polar surface area (TPSA) is 43.8 Å². The molecule has 0 aromatic rings. The highest BCUT2D eigenvalue weighted by Gasteiger charge is 2.44. The maximum absolute atomic E-state index is 12.3. The standard InChI is InChI=1S/C15H26N2O2/c1-11(2)17-12-4-5-13(17)10-16(9-12)14(18)8-15(19)6-3-7-15/h11-13,19H,3-10H2,1-2H3. The molecular weight excluding hydrogens is 240 g/mol. The van der Waals surface area contributed by atoms with E-state index in [1.54, 1.807) is 0 Å². The molecule has 0 spiro atoms. The van der Waals surface area contributed by atoms with E-state index in [0.717, 1.165) is 32.4 Å². The fourth-order valence-corrected chi connectivity index (χ4v) is 4.14. The van der Waals surface area contributed by atoms with Crippen molar-refractivity contribution in [3.05, 3.63) is 0 Å². The normalized spacial score (nSPS) is 33.6. The maximum Gasteiger partial charge on any atom is 0.225 e. The summed E-state index contributed by atoms with van der Waals surface area (Å²) in [6.45, 7) is 6.23. The van der Waals surface area contributed by atoms with Gasteiger partial charge in [-0.3, -0.25) is 9.69 Å². The quantitative estimate of drug-likeness (QED) is 0.839. The lowest BCUT2D eigenvalue weighted by atomic mass is 9.77. The summed E-state index contributed by atoms with van der Waals surface area (Å²) in [6.07, 6.45) is 5.45. The van der Waals surface area contributed by atoms with Crippen LogP contribution in [0.5, 0.6) is 0 Å². The van der Waals surface area contributed by atoms with Crippen LogP contribution in [0.2, 0.25) is 0 Å². The van der Waals surface area contributed by atoms with Crippen molar-refractivity contribution < 1.29 is 9.90 Å². The Balaban J connectivity index is 1.61. The van der Waals surface area contributed by atoms with E-state index in [-0.39, 0.29) is 5.91 Å². The third kappa shape index (κ3) is 2.40. The van der Waals surface area contributed by atoms with Crippen molar-refractivity contribution in [2.24, 2.45) is 0 Å². The Morgan fingerprint density at radius 1 is 1.26 bits per heavy atom. The smallest absolute Gasteiger partial charge is 0.225 e. The van der Waals surface area contributed by atoms with Crippen LogP contribution in [0.3, 0.4) is 0 Å². The number of hydrogen-bond acceptors (Lipinski definition) is 3. The zero-order chi connectivity index (χ0) is 13.6. The first-order valence-corrected chi connectivity index (χ1v) is 7.76. The molecule has 2 aliphatic heterocycles. The Morgan fingerprint density at radius 2 is 1.84 bits per heavy atom. The molecule has 3 fully saturated rings. The average molecular weight is 266 g/mol. The van der Waals surface area contributed by atoms with Crippen molar-refractivity contribution in [2.45, 2.75) is 76.1 Å². The molecule has 2 unspecified atom stereocenters. The van der Waals surface area contributed by atoms with Gasteiger partial charge in [0, 0.05) is 31.2 Å². The fraction of sp³-hybridized carbons (Fsp3) is 0.933. The molecule has 4 nitrogen and oxygen atoms in total. The predicted octanol–water partition coefficient (Wildman–Crippen LogP) is 1.38. The molecule has 2 atom stereocenters. The summed E-state index contributed by atoms with van der Waals surface area (Å²) in [6, 6.07) is 1.66. The summed E-state index contributed by atoms with van der Waals surface area (Å²) >= 11 is 0. The van der Waals surface area contributed by atoms with E-state index in [2.05, 4.69) is 18.7 Å². The van der Waals surface area contributed by atoms with E-state index in [1.807, 2.05) is 4.90 Å². The monoisotopic (exact) mass is 266 g/mol. The van der Waals surface area contributed by atoms with Gasteiger partial charge in [0.15, 0.2) is 0 Å². The molecule has 1 saturated carbocycles. The predicted molar refractivity (Wildman–Crippen MR) is 73.8 cm³/mol. The van der Waals surface area contributed by atoms with E-state index in [0.29, 0.717) is 24.5 Å². The Hall–Kier alpha value is -0.610. The van der Waals surface area contributed by atoms with Gasteiger partial charge >= 0.3 is 0 Å².